The van der Waals surface area contributed by atoms with Gasteiger partial charge in [0.05, 0.1) is 6.20 Å². The molecule has 0 radical (unpaired) electrons. The highest BCUT2D eigenvalue weighted by Crippen LogP contribution is 2.30. The minimum atomic E-state index is -0.811. The summed E-state index contributed by atoms with van der Waals surface area (Å²) in [7, 11) is 1.77. The Kier molecular flexibility index (Phi) is 6.48. The van der Waals surface area contributed by atoms with Gasteiger partial charge < -0.3 is 15.5 Å². The molecule has 0 saturated carbocycles. The Morgan fingerprint density at radius 1 is 1.42 bits per heavy atom. The van der Waals surface area contributed by atoms with Gasteiger partial charge in [0.2, 0.25) is 0 Å². The first kappa shape index (κ1) is 20.5. The van der Waals surface area contributed by atoms with Crippen LogP contribution in [0.15, 0.2) is 11.2 Å². The van der Waals surface area contributed by atoms with Crippen molar-refractivity contribution in [2.45, 2.75) is 38.8 Å². The van der Waals surface area contributed by atoms with Gasteiger partial charge in [-0.05, 0) is 32.6 Å². The number of aromatic amines is 1. The van der Waals surface area contributed by atoms with Crippen LogP contribution in [0, 0.1) is 12.8 Å². The second kappa shape index (κ2) is 8.23. The van der Waals surface area contributed by atoms with E-state index in [9.17, 15) is 9.59 Å². The molecule has 1 aromatic heterocycles. The van der Waals surface area contributed by atoms with Crippen LogP contribution in [0.4, 0.5) is 4.79 Å². The van der Waals surface area contributed by atoms with Crippen molar-refractivity contribution in [3.63, 3.8) is 0 Å². The molecule has 0 spiro atoms. The standard InChI is InChI=1S/C16H25N7O2.HI/c1-10-11(9-19-22-10)8-18-14(17-3)23-6-4-12(5-7-23)16(2)13(24)20-15(25)21-16;/h9,12H,4-8H2,1-3H3,(H,17,18)(H,19,22)(H2,20,21,24,25);1H. The first-order valence-corrected chi connectivity index (χ1v) is 8.52. The normalized spacial score (nSPS) is 24.1. The number of aromatic nitrogens is 2. The number of urea groups is 1. The van der Waals surface area contributed by atoms with Crippen LogP contribution in [0.25, 0.3) is 0 Å². The maximum atomic E-state index is 12.1. The lowest BCUT2D eigenvalue weighted by molar-refractivity contribution is -0.125. The van der Waals surface area contributed by atoms with Crippen LogP contribution >= 0.6 is 24.0 Å². The lowest BCUT2D eigenvalue weighted by Gasteiger charge is -2.39. The zero-order chi connectivity index (χ0) is 18.0. The maximum Gasteiger partial charge on any atom is 0.322 e. The van der Waals surface area contributed by atoms with Gasteiger partial charge in [0.1, 0.15) is 5.54 Å². The average Bonchev–Trinajstić information content (AvgIpc) is 3.12. The summed E-state index contributed by atoms with van der Waals surface area (Å²) in [6.07, 6.45) is 3.44. The molecule has 3 rings (SSSR count). The fraction of sp³-hybridized carbons (Fsp3) is 0.625. The Hall–Kier alpha value is -1.85. The van der Waals surface area contributed by atoms with Gasteiger partial charge in [-0.25, -0.2) is 4.79 Å². The van der Waals surface area contributed by atoms with Crippen molar-refractivity contribution in [2.75, 3.05) is 20.1 Å². The van der Waals surface area contributed by atoms with Crippen molar-refractivity contribution in [1.29, 1.82) is 0 Å². The van der Waals surface area contributed by atoms with Crippen LogP contribution in [-0.2, 0) is 11.3 Å². The van der Waals surface area contributed by atoms with Crippen molar-refractivity contribution in [3.05, 3.63) is 17.5 Å². The number of likely N-dealkylation sites (tertiary alicyclic amines) is 1. The zero-order valence-corrected chi connectivity index (χ0v) is 17.6. The van der Waals surface area contributed by atoms with Gasteiger partial charge in [-0.1, -0.05) is 0 Å². The summed E-state index contributed by atoms with van der Waals surface area (Å²) in [4.78, 5) is 30.1. The van der Waals surface area contributed by atoms with Crippen molar-refractivity contribution < 1.29 is 9.59 Å². The van der Waals surface area contributed by atoms with Gasteiger partial charge in [-0.15, -0.1) is 24.0 Å². The minimum absolute atomic E-state index is 0. The van der Waals surface area contributed by atoms with E-state index >= 15 is 0 Å². The number of halogens is 1. The Morgan fingerprint density at radius 3 is 2.62 bits per heavy atom. The van der Waals surface area contributed by atoms with Crippen LogP contribution in [0.1, 0.15) is 31.0 Å². The number of carbonyl (C=O) groups excluding carboxylic acids is 2. The Labute approximate surface area is 169 Å². The maximum absolute atomic E-state index is 12.1. The molecule has 1 unspecified atom stereocenters. The number of nitrogens with one attached hydrogen (secondary N) is 4. The number of rotatable bonds is 3. The van der Waals surface area contributed by atoms with E-state index in [-0.39, 0.29) is 35.8 Å². The number of guanidine groups is 1. The molecule has 9 nitrogen and oxygen atoms in total. The molecule has 4 N–H and O–H groups in total. The number of nitrogens with zero attached hydrogens (tertiary/aromatic N) is 3. The number of aryl methyl sites for hydroxylation is 1. The Morgan fingerprint density at radius 2 is 2.12 bits per heavy atom. The second-order valence-corrected chi connectivity index (χ2v) is 6.79. The largest absolute Gasteiger partial charge is 0.352 e. The van der Waals surface area contributed by atoms with E-state index in [0.29, 0.717) is 6.54 Å². The molecule has 0 bridgehead atoms. The number of hydrogen-bond acceptors (Lipinski definition) is 4. The van der Waals surface area contributed by atoms with E-state index in [1.807, 2.05) is 20.0 Å². The molecule has 144 valence electrons. The Bertz CT molecular complexity index is 697. The number of carbonyl (C=O) groups is 2. The molecule has 2 aliphatic rings. The first-order valence-electron chi connectivity index (χ1n) is 8.52. The van der Waals surface area contributed by atoms with E-state index < -0.39 is 11.6 Å². The number of aliphatic imine (C=N–C) groups is 1. The molecule has 26 heavy (non-hydrogen) atoms. The third-order valence-electron chi connectivity index (χ3n) is 5.27. The van der Waals surface area contributed by atoms with Crippen LogP contribution < -0.4 is 16.0 Å². The zero-order valence-electron chi connectivity index (χ0n) is 15.3. The highest BCUT2D eigenvalue weighted by Gasteiger charge is 2.48. The van der Waals surface area contributed by atoms with Gasteiger partial charge in [0, 0.05) is 37.9 Å². The van der Waals surface area contributed by atoms with Crippen LogP contribution in [0.3, 0.4) is 0 Å². The third-order valence-corrected chi connectivity index (χ3v) is 5.27. The summed E-state index contributed by atoms with van der Waals surface area (Å²) in [5.41, 5.74) is 1.33. The monoisotopic (exact) mass is 475 g/mol. The summed E-state index contributed by atoms with van der Waals surface area (Å²) in [5, 5.41) is 15.4. The van der Waals surface area contributed by atoms with Crippen LogP contribution in [0.5, 0.6) is 0 Å². The van der Waals surface area contributed by atoms with Gasteiger partial charge in [0.15, 0.2) is 5.96 Å². The molecule has 3 heterocycles. The van der Waals surface area contributed by atoms with E-state index in [2.05, 4.69) is 36.0 Å². The number of hydrogen-bond donors (Lipinski definition) is 4. The molecule has 2 aliphatic heterocycles. The molecular formula is C16H26IN7O2. The molecule has 2 saturated heterocycles. The lowest BCUT2D eigenvalue weighted by Crippen LogP contribution is -2.55. The molecule has 0 aliphatic carbocycles. The fourth-order valence-corrected chi connectivity index (χ4v) is 3.57. The summed E-state index contributed by atoms with van der Waals surface area (Å²) in [6.45, 7) is 6.02. The van der Waals surface area contributed by atoms with Crippen LogP contribution in [0.2, 0.25) is 0 Å². The SMILES string of the molecule is CN=C(NCc1cn[nH]c1C)N1CCC(C2(C)NC(=O)NC2=O)CC1.I. The van der Waals surface area contributed by atoms with Crippen molar-refractivity contribution in [1.82, 2.24) is 31.0 Å². The number of piperidine rings is 1. The van der Waals surface area contributed by atoms with E-state index in [0.717, 1.165) is 43.1 Å². The molecule has 1 atom stereocenters. The summed E-state index contributed by atoms with van der Waals surface area (Å²) in [5.74, 6) is 0.724. The molecule has 3 amide bonds. The summed E-state index contributed by atoms with van der Waals surface area (Å²) < 4.78 is 0. The summed E-state index contributed by atoms with van der Waals surface area (Å²) in [6, 6.07) is -0.400. The van der Waals surface area contributed by atoms with Crippen molar-refractivity contribution >= 4 is 41.9 Å². The molecule has 1 aromatic rings. The minimum Gasteiger partial charge on any atom is -0.352 e. The van der Waals surface area contributed by atoms with Gasteiger partial charge in [-0.3, -0.25) is 20.2 Å². The van der Waals surface area contributed by atoms with E-state index in [1.54, 1.807) is 7.05 Å². The number of imide groups is 1. The fourth-order valence-electron chi connectivity index (χ4n) is 3.57. The van der Waals surface area contributed by atoms with Crippen LogP contribution in [-0.4, -0.2) is 58.7 Å². The van der Waals surface area contributed by atoms with Crippen molar-refractivity contribution in [2.24, 2.45) is 10.9 Å². The third kappa shape index (κ3) is 3.94. The highest BCUT2D eigenvalue weighted by atomic mass is 127. The molecular weight excluding hydrogens is 449 g/mol. The van der Waals surface area contributed by atoms with Gasteiger partial charge in [0.25, 0.3) is 5.91 Å². The average molecular weight is 475 g/mol. The number of H-pyrrole nitrogens is 1. The highest BCUT2D eigenvalue weighted by molar-refractivity contribution is 14.0. The first-order chi connectivity index (χ1) is 11.9. The van der Waals surface area contributed by atoms with Gasteiger partial charge >= 0.3 is 6.03 Å². The molecule has 2 fully saturated rings. The lowest BCUT2D eigenvalue weighted by atomic mass is 9.79. The van der Waals surface area contributed by atoms with E-state index in [1.165, 1.54) is 0 Å². The predicted octanol–water partition coefficient (Wildman–Crippen LogP) is 0.722. The molecule has 0 aromatic carbocycles. The molecule has 10 heteroatoms. The smallest absolute Gasteiger partial charge is 0.322 e. The quantitative estimate of drug-likeness (QED) is 0.223. The van der Waals surface area contributed by atoms with Crippen molar-refractivity contribution in [3.8, 4) is 0 Å². The second-order valence-electron chi connectivity index (χ2n) is 6.79. The predicted molar refractivity (Wildman–Crippen MR) is 108 cm³/mol. The van der Waals surface area contributed by atoms with Gasteiger partial charge in [-0.2, -0.15) is 5.10 Å². The number of amides is 3. The Balaban J connectivity index is 0.00000243. The summed E-state index contributed by atoms with van der Waals surface area (Å²) >= 11 is 0. The topological polar surface area (TPSA) is 115 Å². The van der Waals surface area contributed by atoms with E-state index in [4.69, 9.17) is 0 Å².